The van der Waals surface area contributed by atoms with Gasteiger partial charge < -0.3 is 13.7 Å². The fourth-order valence-corrected chi connectivity index (χ4v) is 18.9. The van der Waals surface area contributed by atoms with Gasteiger partial charge in [-0.2, -0.15) is 10.2 Å². The summed E-state index contributed by atoms with van der Waals surface area (Å²) in [6, 6.07) is 64.4. The van der Waals surface area contributed by atoms with Gasteiger partial charge in [-0.25, -0.2) is 9.36 Å². The zero-order chi connectivity index (χ0) is 64.0. The minimum atomic E-state index is -0.249. The Morgan fingerprint density at radius 3 is 1.44 bits per heavy atom. The standard InChI is InChI=1S/C86H78BN5O2/c1-13-24-47(3)85(11)60-31-21-18-28-54(60)58-43-63-59(44-62(58)85)55-39-36-51(40-61(55)86(63,12)48(4)25-14-2)52-41-66-74-67(42-52)92-78-73(65(89-92)46-84(8,9)10)71-57-30-20-23-33-69(57)94-82(71)80-76(78)87(74)75-77-72(64(88-91(66)77)45-83(5,6)7)70-56-29-19-22-32-68(56)93-81(70)79(75)90(80)53-37-34-50(35-38-53)49-26-16-15-17-27-49/h15-23,26-44,47-48H,13-14,24-25,45-46H2,1-12H3. The lowest BCUT2D eigenvalue weighted by Crippen LogP contribution is -2.63. The molecular weight excluding hydrogens is 1150 g/mol. The molecule has 0 saturated carbocycles. The second kappa shape index (κ2) is 19.1. The molecule has 3 aliphatic heterocycles. The molecular formula is C86H78BN5O2. The summed E-state index contributed by atoms with van der Waals surface area (Å²) in [4.78, 5) is 2.52. The van der Waals surface area contributed by atoms with Gasteiger partial charge in [0.05, 0.1) is 45.2 Å². The number of furan rings is 2. The monoisotopic (exact) mass is 1220 g/mol. The Kier molecular flexibility index (Phi) is 11.4. The summed E-state index contributed by atoms with van der Waals surface area (Å²) in [5, 5.41) is 18.8. The molecule has 0 bridgehead atoms. The molecule has 14 aromatic rings. The summed E-state index contributed by atoms with van der Waals surface area (Å²) >= 11 is 0. The van der Waals surface area contributed by atoms with Gasteiger partial charge in [0.25, 0.3) is 6.71 Å². The van der Waals surface area contributed by atoms with Gasteiger partial charge in [0.1, 0.15) is 11.2 Å². The third kappa shape index (κ3) is 7.29. The highest BCUT2D eigenvalue weighted by atomic mass is 16.3. The normalized spacial score (nSPS) is 17.8. The average Bonchev–Trinajstić information content (AvgIpc) is 1.34. The van der Waals surface area contributed by atoms with Crippen molar-refractivity contribution in [1.82, 2.24) is 19.6 Å². The maximum Gasteiger partial charge on any atom is 0.258 e. The van der Waals surface area contributed by atoms with Gasteiger partial charge >= 0.3 is 0 Å². The maximum atomic E-state index is 7.53. The molecule has 0 fully saturated rings. The number of hydrogen-bond donors (Lipinski definition) is 0. The van der Waals surface area contributed by atoms with E-state index in [4.69, 9.17) is 19.0 Å². The van der Waals surface area contributed by atoms with E-state index in [1.807, 2.05) is 0 Å². The van der Waals surface area contributed by atoms with Crippen molar-refractivity contribution in [2.75, 3.05) is 4.90 Å². The molecule has 0 spiro atoms. The Balaban J connectivity index is 0.936. The molecule has 8 heteroatoms. The van der Waals surface area contributed by atoms with Gasteiger partial charge in [0, 0.05) is 48.8 Å². The first kappa shape index (κ1) is 56.2. The van der Waals surface area contributed by atoms with Crippen molar-refractivity contribution in [3.05, 3.63) is 203 Å². The predicted octanol–water partition coefficient (Wildman–Crippen LogP) is 21.0. The first-order valence-corrected chi connectivity index (χ1v) is 34.7. The smallest absolute Gasteiger partial charge is 0.258 e. The van der Waals surface area contributed by atoms with E-state index < -0.39 is 0 Å². The minimum Gasteiger partial charge on any atom is -0.454 e. The number of nitrogens with zero attached hydrogens (tertiary/aromatic N) is 5. The molecule has 4 atom stereocenters. The van der Waals surface area contributed by atoms with Crippen LogP contribution >= 0.6 is 0 Å². The average molecular weight is 1220 g/mol. The second-order valence-corrected chi connectivity index (χ2v) is 31.4. The summed E-state index contributed by atoms with van der Waals surface area (Å²) < 4.78 is 19.8. The lowest BCUT2D eigenvalue weighted by atomic mass is 9.32. The van der Waals surface area contributed by atoms with Crippen molar-refractivity contribution < 1.29 is 8.83 Å². The van der Waals surface area contributed by atoms with Crippen LogP contribution in [-0.2, 0) is 23.7 Å². The Morgan fingerprint density at radius 2 is 0.904 bits per heavy atom. The topological polar surface area (TPSA) is 65.2 Å². The molecule has 0 radical (unpaired) electrons. The van der Waals surface area contributed by atoms with Crippen LogP contribution in [-0.4, -0.2) is 26.3 Å². The number of hydrogen-bond acceptors (Lipinski definition) is 5. The lowest BCUT2D eigenvalue weighted by Gasteiger charge is -2.42. The lowest BCUT2D eigenvalue weighted by molar-refractivity contribution is 0.352. The highest BCUT2D eigenvalue weighted by Crippen LogP contribution is 2.62. The molecule has 7 nitrogen and oxygen atoms in total. The van der Waals surface area contributed by atoms with Gasteiger partial charge in [-0.15, -0.1) is 0 Å². The molecule has 7 heterocycles. The van der Waals surface area contributed by atoms with Gasteiger partial charge in [-0.3, -0.25) is 0 Å². The second-order valence-electron chi connectivity index (χ2n) is 31.4. The molecule has 4 unspecified atom stereocenters. The van der Waals surface area contributed by atoms with E-state index in [2.05, 4.69) is 267 Å². The zero-order valence-electron chi connectivity index (χ0n) is 56.2. The molecule has 0 amide bonds. The molecule has 10 aromatic carbocycles. The zero-order valence-corrected chi connectivity index (χ0v) is 56.2. The summed E-state index contributed by atoms with van der Waals surface area (Å²) in [5.74, 6) is 0.862. The van der Waals surface area contributed by atoms with Crippen LogP contribution in [0.15, 0.2) is 179 Å². The SMILES string of the molecule is CCCC(C)C1(C)c2ccccc2-c2cc3c(cc21)-c1ccc(-c2cc4c5c(c2)-n2nc(CC(C)(C)C)c6c7c(oc8ccccc87)c7c(c62)B5c2c(c5oc6ccccc6c5c5c(CC(C)(C)C)nn-4c25)N7c2ccc(-c4ccccc4)cc2)cc1C3(C)C(C)CCC. The number of rotatable bonds is 11. The molecule has 4 aromatic heterocycles. The van der Waals surface area contributed by atoms with Crippen LogP contribution in [0.25, 0.3) is 122 Å². The number of anilines is 3. The van der Waals surface area contributed by atoms with E-state index >= 15 is 0 Å². The summed E-state index contributed by atoms with van der Waals surface area (Å²) in [6.07, 6.45) is 6.12. The van der Waals surface area contributed by atoms with Crippen molar-refractivity contribution in [2.45, 2.75) is 132 Å². The van der Waals surface area contributed by atoms with E-state index in [1.54, 1.807) is 0 Å². The maximum absolute atomic E-state index is 7.53. The highest BCUT2D eigenvalue weighted by Gasteiger charge is 2.53. The first-order valence-electron chi connectivity index (χ1n) is 34.7. The molecule has 94 heavy (non-hydrogen) atoms. The summed E-state index contributed by atoms with van der Waals surface area (Å²) in [6.45, 7) is 28.7. The van der Waals surface area contributed by atoms with Crippen LogP contribution < -0.4 is 21.3 Å². The Labute approximate surface area is 550 Å². The quantitative estimate of drug-likeness (QED) is 0.121. The minimum absolute atomic E-state index is 0.0888. The Hall–Kier alpha value is -9.40. The van der Waals surface area contributed by atoms with E-state index in [0.717, 1.165) is 138 Å². The van der Waals surface area contributed by atoms with Crippen LogP contribution in [0.5, 0.6) is 0 Å². The molecule has 0 N–H and O–H groups in total. The van der Waals surface area contributed by atoms with Crippen molar-refractivity contribution in [1.29, 1.82) is 0 Å². The van der Waals surface area contributed by atoms with E-state index in [0.29, 0.717) is 11.8 Å². The predicted molar refractivity (Wildman–Crippen MR) is 392 cm³/mol. The number of benzene rings is 10. The fraction of sp³-hybridized carbons (Fsp3) is 0.279. The van der Waals surface area contributed by atoms with Gasteiger partial charge in [-0.1, -0.05) is 211 Å². The first-order chi connectivity index (χ1) is 45.4. The largest absolute Gasteiger partial charge is 0.454 e. The molecule has 0 saturated heterocycles. The highest BCUT2D eigenvalue weighted by molar-refractivity contribution is 7.03. The number of para-hydroxylation sites is 2. The molecule has 5 aliphatic rings. The molecule has 19 rings (SSSR count). The number of fused-ring (bicyclic) bond motifs is 18. The van der Waals surface area contributed by atoms with E-state index in [1.165, 1.54) is 89.2 Å². The summed E-state index contributed by atoms with van der Waals surface area (Å²) in [7, 11) is 0. The third-order valence-electron chi connectivity index (χ3n) is 23.3. The van der Waals surface area contributed by atoms with Crippen molar-refractivity contribution in [2.24, 2.45) is 22.7 Å². The van der Waals surface area contributed by atoms with E-state index in [-0.39, 0.29) is 28.4 Å². The van der Waals surface area contributed by atoms with E-state index in [9.17, 15) is 0 Å². The van der Waals surface area contributed by atoms with Crippen LogP contribution in [0.4, 0.5) is 17.1 Å². The van der Waals surface area contributed by atoms with Gasteiger partial charge in [0.2, 0.25) is 0 Å². The van der Waals surface area contributed by atoms with Crippen LogP contribution in [0.1, 0.15) is 142 Å². The number of aromatic nitrogens is 4. The van der Waals surface area contributed by atoms with Crippen LogP contribution in [0, 0.1) is 22.7 Å². The van der Waals surface area contributed by atoms with Crippen LogP contribution in [0.2, 0.25) is 0 Å². The van der Waals surface area contributed by atoms with Crippen molar-refractivity contribution >= 4 is 106 Å². The third-order valence-corrected chi connectivity index (χ3v) is 23.3. The Morgan fingerprint density at radius 1 is 0.447 bits per heavy atom. The van der Waals surface area contributed by atoms with Gasteiger partial charge in [0.15, 0.2) is 11.2 Å². The molecule has 462 valence electrons. The fourth-order valence-electron chi connectivity index (χ4n) is 18.9. The summed E-state index contributed by atoms with van der Waals surface area (Å²) in [5.41, 5.74) is 32.4. The molecule has 2 aliphatic carbocycles. The van der Waals surface area contributed by atoms with Crippen molar-refractivity contribution in [3.8, 4) is 55.9 Å². The Bertz CT molecular complexity index is 5440. The van der Waals surface area contributed by atoms with Crippen LogP contribution in [0.3, 0.4) is 0 Å². The van der Waals surface area contributed by atoms with Gasteiger partial charge in [-0.05, 0) is 186 Å². The van der Waals surface area contributed by atoms with Crippen molar-refractivity contribution in [3.63, 3.8) is 0 Å².